The average molecular weight is 272 g/mol. The minimum Gasteiger partial charge on any atom is -0.392 e. The van der Waals surface area contributed by atoms with Gasteiger partial charge in [0.2, 0.25) is 0 Å². The summed E-state index contributed by atoms with van der Waals surface area (Å²) in [7, 11) is 1.51. The van der Waals surface area contributed by atoms with Crippen molar-refractivity contribution >= 4 is 5.69 Å². The fraction of sp³-hybridized carbons (Fsp3) is 0.462. The molecule has 19 heavy (non-hydrogen) atoms. The third kappa shape index (κ3) is 3.86. The zero-order chi connectivity index (χ0) is 14.6. The highest BCUT2D eigenvalue weighted by Crippen LogP contribution is 2.37. The van der Waals surface area contributed by atoms with Crippen molar-refractivity contribution in [3.05, 3.63) is 29.3 Å². The Balaban J connectivity index is 3.16. The van der Waals surface area contributed by atoms with Crippen molar-refractivity contribution in [2.24, 2.45) is 5.92 Å². The Labute approximate surface area is 109 Å². The number of rotatable bonds is 4. The summed E-state index contributed by atoms with van der Waals surface area (Å²) in [5.74, 6) is -0.372. The van der Waals surface area contributed by atoms with Gasteiger partial charge in [-0.15, -0.1) is 0 Å². The van der Waals surface area contributed by atoms with Crippen LogP contribution in [0.4, 0.5) is 18.9 Å². The van der Waals surface area contributed by atoms with Gasteiger partial charge in [0.15, 0.2) is 0 Å². The molecular formula is C13H15F3N2O. The number of alkyl halides is 3. The molecule has 1 rings (SSSR count). The first-order valence-corrected chi connectivity index (χ1v) is 5.71. The van der Waals surface area contributed by atoms with Crippen LogP contribution in [0.2, 0.25) is 0 Å². The molecule has 0 saturated heterocycles. The van der Waals surface area contributed by atoms with Crippen LogP contribution in [0, 0.1) is 17.2 Å². The van der Waals surface area contributed by atoms with Gasteiger partial charge in [-0.1, -0.05) is 6.07 Å². The maximum Gasteiger partial charge on any atom is 0.418 e. The van der Waals surface area contributed by atoms with Crippen LogP contribution >= 0.6 is 0 Å². The highest BCUT2D eigenvalue weighted by atomic mass is 19.4. The second-order valence-electron chi connectivity index (χ2n) is 4.42. The van der Waals surface area contributed by atoms with E-state index in [0.717, 1.165) is 6.07 Å². The Morgan fingerprint density at radius 1 is 1.42 bits per heavy atom. The maximum absolute atomic E-state index is 13.0. The van der Waals surface area contributed by atoms with Gasteiger partial charge in [0.05, 0.1) is 24.2 Å². The smallest absolute Gasteiger partial charge is 0.392 e. The number of halogens is 3. The second-order valence-corrected chi connectivity index (χ2v) is 4.42. The molecule has 0 radical (unpaired) electrons. The van der Waals surface area contributed by atoms with E-state index in [2.05, 4.69) is 0 Å². The minimum absolute atomic E-state index is 0.00630. The summed E-state index contributed by atoms with van der Waals surface area (Å²) in [6.45, 7) is 1.41. The van der Waals surface area contributed by atoms with Crippen LogP contribution in [0.15, 0.2) is 18.2 Å². The molecule has 3 nitrogen and oxygen atoms in total. The molecule has 104 valence electrons. The largest absolute Gasteiger partial charge is 0.418 e. The van der Waals surface area contributed by atoms with E-state index in [1.54, 1.807) is 6.92 Å². The lowest BCUT2D eigenvalue weighted by molar-refractivity contribution is -0.137. The molecule has 1 unspecified atom stereocenters. The highest BCUT2D eigenvalue weighted by Gasteiger charge is 2.34. The summed E-state index contributed by atoms with van der Waals surface area (Å²) in [5.41, 5.74) is -0.587. The lowest BCUT2D eigenvalue weighted by Gasteiger charge is -2.24. The molecule has 0 fully saturated rings. The van der Waals surface area contributed by atoms with Crippen molar-refractivity contribution < 1.29 is 18.3 Å². The predicted octanol–water partition coefficient (Wildman–Crippen LogP) is 2.79. The zero-order valence-corrected chi connectivity index (χ0v) is 10.7. The Kier molecular flexibility index (Phi) is 4.78. The highest BCUT2D eigenvalue weighted by molar-refractivity contribution is 5.56. The molecule has 0 heterocycles. The van der Waals surface area contributed by atoms with Gasteiger partial charge in [0, 0.05) is 19.3 Å². The van der Waals surface area contributed by atoms with E-state index in [9.17, 15) is 13.2 Å². The van der Waals surface area contributed by atoms with Crippen molar-refractivity contribution in [2.45, 2.75) is 19.7 Å². The molecule has 0 aromatic heterocycles. The Bertz CT molecular complexity index is 480. The standard InChI is InChI=1S/C13H15F3N2O/c1-9(6-17)7-18(2)12-4-3-10(8-19)5-11(12)13(14,15)16/h3-5,9,19H,7-8H2,1-2H3. The third-order valence-corrected chi connectivity index (χ3v) is 2.73. The molecule has 1 atom stereocenters. The molecule has 0 bridgehead atoms. The summed E-state index contributed by atoms with van der Waals surface area (Å²) < 4.78 is 38.9. The molecule has 1 N–H and O–H groups in total. The monoisotopic (exact) mass is 272 g/mol. The van der Waals surface area contributed by atoms with Crippen LogP contribution in [-0.4, -0.2) is 18.7 Å². The van der Waals surface area contributed by atoms with Crippen LogP contribution in [0.3, 0.4) is 0 Å². The van der Waals surface area contributed by atoms with Gasteiger partial charge in [0.25, 0.3) is 0 Å². The summed E-state index contributed by atoms with van der Waals surface area (Å²) in [4.78, 5) is 1.40. The summed E-state index contributed by atoms with van der Waals surface area (Å²) in [6.07, 6.45) is -4.50. The molecular weight excluding hydrogens is 257 g/mol. The van der Waals surface area contributed by atoms with Gasteiger partial charge in [-0.05, 0) is 24.6 Å². The van der Waals surface area contributed by atoms with E-state index in [1.165, 1.54) is 24.1 Å². The Morgan fingerprint density at radius 2 is 2.05 bits per heavy atom. The molecule has 0 saturated carbocycles. The molecule has 0 spiro atoms. The SMILES string of the molecule is CC(C#N)CN(C)c1ccc(CO)cc1C(F)(F)F. The van der Waals surface area contributed by atoms with Crippen molar-refractivity contribution in [3.8, 4) is 6.07 Å². The topological polar surface area (TPSA) is 47.3 Å². The van der Waals surface area contributed by atoms with Gasteiger partial charge >= 0.3 is 6.18 Å². The predicted molar refractivity (Wildman–Crippen MR) is 65.4 cm³/mol. The first kappa shape index (κ1) is 15.3. The number of hydrogen-bond acceptors (Lipinski definition) is 3. The Morgan fingerprint density at radius 3 is 2.53 bits per heavy atom. The van der Waals surface area contributed by atoms with E-state index in [4.69, 9.17) is 10.4 Å². The first-order chi connectivity index (χ1) is 8.79. The van der Waals surface area contributed by atoms with E-state index < -0.39 is 18.3 Å². The molecule has 1 aromatic carbocycles. The van der Waals surface area contributed by atoms with Crippen LogP contribution in [-0.2, 0) is 12.8 Å². The van der Waals surface area contributed by atoms with Crippen LogP contribution in [0.5, 0.6) is 0 Å². The van der Waals surface area contributed by atoms with Crippen molar-refractivity contribution in [3.63, 3.8) is 0 Å². The minimum atomic E-state index is -4.50. The molecule has 0 aliphatic rings. The molecule has 6 heteroatoms. The fourth-order valence-corrected chi connectivity index (χ4v) is 1.79. The quantitative estimate of drug-likeness (QED) is 0.916. The number of aliphatic hydroxyl groups is 1. The first-order valence-electron chi connectivity index (χ1n) is 5.71. The summed E-state index contributed by atoms with van der Waals surface area (Å²) >= 11 is 0. The lowest BCUT2D eigenvalue weighted by Crippen LogP contribution is -2.26. The number of nitrogens with zero attached hydrogens (tertiary/aromatic N) is 2. The normalized spacial score (nSPS) is 12.9. The average Bonchev–Trinajstić information content (AvgIpc) is 2.36. The number of hydrogen-bond donors (Lipinski definition) is 1. The van der Waals surface area contributed by atoms with E-state index in [1.807, 2.05) is 6.07 Å². The zero-order valence-electron chi connectivity index (χ0n) is 10.7. The number of benzene rings is 1. The van der Waals surface area contributed by atoms with Gasteiger partial charge in [-0.25, -0.2) is 0 Å². The Hall–Kier alpha value is -1.74. The summed E-state index contributed by atoms with van der Waals surface area (Å²) in [6, 6.07) is 5.68. The maximum atomic E-state index is 13.0. The van der Waals surface area contributed by atoms with Crippen molar-refractivity contribution in [1.29, 1.82) is 5.26 Å². The summed E-state index contributed by atoms with van der Waals surface area (Å²) in [5, 5.41) is 17.6. The van der Waals surface area contributed by atoms with Gasteiger partial charge < -0.3 is 10.0 Å². The third-order valence-electron chi connectivity index (χ3n) is 2.73. The van der Waals surface area contributed by atoms with Gasteiger partial charge in [0.1, 0.15) is 0 Å². The van der Waals surface area contributed by atoms with E-state index >= 15 is 0 Å². The lowest BCUT2D eigenvalue weighted by atomic mass is 10.1. The number of nitriles is 1. The van der Waals surface area contributed by atoms with Crippen molar-refractivity contribution in [2.75, 3.05) is 18.5 Å². The van der Waals surface area contributed by atoms with Crippen LogP contribution in [0.25, 0.3) is 0 Å². The van der Waals surface area contributed by atoms with E-state index in [-0.39, 0.29) is 23.7 Å². The molecule has 0 aliphatic carbocycles. The number of aliphatic hydroxyl groups excluding tert-OH is 1. The van der Waals surface area contributed by atoms with E-state index in [0.29, 0.717) is 0 Å². The van der Waals surface area contributed by atoms with Gasteiger partial charge in [-0.3, -0.25) is 0 Å². The van der Waals surface area contributed by atoms with Crippen LogP contribution in [0.1, 0.15) is 18.1 Å². The van der Waals surface area contributed by atoms with Crippen molar-refractivity contribution in [1.82, 2.24) is 0 Å². The van der Waals surface area contributed by atoms with Crippen LogP contribution < -0.4 is 4.90 Å². The molecule has 0 amide bonds. The molecule has 1 aromatic rings. The van der Waals surface area contributed by atoms with Gasteiger partial charge in [-0.2, -0.15) is 18.4 Å². The fourth-order valence-electron chi connectivity index (χ4n) is 1.79. The molecule has 0 aliphatic heterocycles. The second kappa shape index (κ2) is 5.93. The number of anilines is 1.